The van der Waals surface area contributed by atoms with Crippen LogP contribution in [0.1, 0.15) is 6.92 Å². The quantitative estimate of drug-likeness (QED) is 0.799. The Morgan fingerprint density at radius 3 is 2.29 bits per heavy atom. The molecule has 1 rings (SSSR count). The van der Waals surface area contributed by atoms with Gasteiger partial charge in [-0.3, -0.25) is 4.79 Å². The number of nitrogens with one attached hydrogen (secondary N) is 1. The van der Waals surface area contributed by atoms with Gasteiger partial charge in [-0.05, 0) is 31.2 Å². The number of rotatable bonds is 6. The van der Waals surface area contributed by atoms with Gasteiger partial charge in [0.25, 0.3) is 0 Å². The highest BCUT2D eigenvalue weighted by molar-refractivity contribution is 7.89. The highest BCUT2D eigenvalue weighted by Crippen LogP contribution is 2.23. The van der Waals surface area contributed by atoms with Crippen molar-refractivity contribution >= 4 is 16.0 Å². The minimum atomic E-state index is -4.86. The van der Waals surface area contributed by atoms with Crippen molar-refractivity contribution < 1.29 is 35.9 Å². The molecule has 0 amide bonds. The third kappa shape index (κ3) is 6.00. The Kier molecular flexibility index (Phi) is 5.55. The Labute approximate surface area is 118 Å². The Morgan fingerprint density at radius 1 is 1.24 bits per heavy atom. The zero-order chi connectivity index (χ0) is 16.1. The number of benzene rings is 1. The van der Waals surface area contributed by atoms with Crippen LogP contribution in [-0.4, -0.2) is 33.9 Å². The molecule has 6 nitrogen and oxygen atoms in total. The summed E-state index contributed by atoms with van der Waals surface area (Å²) in [6, 6.07) is 3.56. The van der Waals surface area contributed by atoms with Gasteiger partial charge < -0.3 is 9.47 Å². The number of esters is 1. The van der Waals surface area contributed by atoms with E-state index in [-0.39, 0.29) is 11.5 Å². The maximum atomic E-state index is 12.0. The van der Waals surface area contributed by atoms with E-state index in [1.807, 2.05) is 4.72 Å². The van der Waals surface area contributed by atoms with E-state index in [9.17, 15) is 26.4 Å². The van der Waals surface area contributed by atoms with Gasteiger partial charge in [0, 0.05) is 0 Å². The predicted molar refractivity (Wildman–Crippen MR) is 64.9 cm³/mol. The van der Waals surface area contributed by atoms with Crippen molar-refractivity contribution in [2.75, 3.05) is 13.2 Å². The Balaban J connectivity index is 2.74. The molecule has 0 bridgehead atoms. The van der Waals surface area contributed by atoms with Gasteiger partial charge in [0.15, 0.2) is 0 Å². The van der Waals surface area contributed by atoms with E-state index in [2.05, 4.69) is 9.47 Å². The number of sulfonamides is 1. The molecule has 10 heteroatoms. The summed E-state index contributed by atoms with van der Waals surface area (Å²) in [5.74, 6) is -1.31. The van der Waals surface area contributed by atoms with Gasteiger partial charge in [-0.25, -0.2) is 8.42 Å². The normalized spacial score (nSPS) is 12.0. The minimum Gasteiger partial charge on any atom is -0.465 e. The van der Waals surface area contributed by atoms with Crippen LogP contribution in [0.2, 0.25) is 0 Å². The third-order valence-electron chi connectivity index (χ3n) is 2.08. The zero-order valence-electron chi connectivity index (χ0n) is 10.8. The highest BCUT2D eigenvalue weighted by atomic mass is 32.2. The number of halogens is 3. The summed E-state index contributed by atoms with van der Waals surface area (Å²) in [7, 11) is -4.02. The number of ether oxygens (including phenoxy) is 2. The van der Waals surface area contributed by atoms with Crippen LogP contribution < -0.4 is 9.46 Å². The van der Waals surface area contributed by atoms with Crippen LogP contribution in [0.5, 0.6) is 5.75 Å². The van der Waals surface area contributed by atoms with Crippen LogP contribution in [0.4, 0.5) is 13.2 Å². The summed E-state index contributed by atoms with van der Waals surface area (Å²) in [5.41, 5.74) is 0. The lowest BCUT2D eigenvalue weighted by molar-refractivity contribution is -0.274. The molecule has 0 aromatic heterocycles. The molecule has 0 aliphatic rings. The Hall–Kier alpha value is -1.81. The summed E-state index contributed by atoms with van der Waals surface area (Å²) in [6.07, 6.45) is -4.86. The molecule has 0 fully saturated rings. The molecule has 1 aromatic rings. The Morgan fingerprint density at radius 2 is 1.81 bits per heavy atom. The molecular formula is C11H12F3NO5S. The van der Waals surface area contributed by atoms with Crippen molar-refractivity contribution in [2.24, 2.45) is 0 Å². The molecule has 0 saturated carbocycles. The van der Waals surface area contributed by atoms with Crippen molar-refractivity contribution in [3.05, 3.63) is 24.3 Å². The van der Waals surface area contributed by atoms with Gasteiger partial charge in [-0.2, -0.15) is 4.72 Å². The smallest absolute Gasteiger partial charge is 0.465 e. The number of alkyl halides is 3. The van der Waals surface area contributed by atoms with Crippen molar-refractivity contribution in [1.29, 1.82) is 0 Å². The number of hydrogen-bond donors (Lipinski definition) is 1. The largest absolute Gasteiger partial charge is 0.573 e. The summed E-state index contributed by atoms with van der Waals surface area (Å²) in [6.45, 7) is 1.09. The van der Waals surface area contributed by atoms with E-state index >= 15 is 0 Å². The van der Waals surface area contributed by atoms with Gasteiger partial charge in [0.05, 0.1) is 11.5 Å². The molecule has 1 N–H and O–H groups in total. The fraction of sp³-hybridized carbons (Fsp3) is 0.364. The van der Waals surface area contributed by atoms with Crippen molar-refractivity contribution in [3.8, 4) is 5.75 Å². The lowest BCUT2D eigenvalue weighted by Crippen LogP contribution is -2.30. The molecule has 1 aromatic carbocycles. The summed E-state index contributed by atoms with van der Waals surface area (Å²) in [5, 5.41) is 0. The Bertz CT molecular complexity index is 583. The van der Waals surface area contributed by atoms with Crippen LogP contribution in [0.15, 0.2) is 29.2 Å². The highest BCUT2D eigenvalue weighted by Gasteiger charge is 2.31. The number of hydrogen-bond acceptors (Lipinski definition) is 5. The maximum absolute atomic E-state index is 12.0. The average molecular weight is 327 g/mol. The molecule has 21 heavy (non-hydrogen) atoms. The van der Waals surface area contributed by atoms with E-state index in [1.54, 1.807) is 6.92 Å². The molecule has 0 unspecified atom stereocenters. The monoisotopic (exact) mass is 327 g/mol. The molecule has 118 valence electrons. The fourth-order valence-electron chi connectivity index (χ4n) is 1.27. The molecule has 0 atom stereocenters. The second kappa shape index (κ2) is 6.76. The zero-order valence-corrected chi connectivity index (χ0v) is 11.6. The standard InChI is InChI=1S/C11H12F3NO5S/c1-2-19-10(16)7-15-21(17,18)9-5-3-8(4-6-9)20-11(12,13)14/h3-6,15H,2,7H2,1H3. The minimum absolute atomic E-state index is 0.101. The van der Waals surface area contributed by atoms with Crippen LogP contribution in [0, 0.1) is 0 Å². The fourth-order valence-corrected chi connectivity index (χ4v) is 2.24. The van der Waals surface area contributed by atoms with Gasteiger partial charge in [-0.15, -0.1) is 13.2 Å². The first-order chi connectivity index (χ1) is 9.64. The van der Waals surface area contributed by atoms with Crippen LogP contribution in [0.25, 0.3) is 0 Å². The van der Waals surface area contributed by atoms with Crippen molar-refractivity contribution in [2.45, 2.75) is 18.2 Å². The molecule has 0 aliphatic heterocycles. The molecule has 0 saturated heterocycles. The van der Waals surface area contributed by atoms with E-state index in [0.29, 0.717) is 0 Å². The van der Waals surface area contributed by atoms with Gasteiger partial charge in [-0.1, -0.05) is 0 Å². The molecular weight excluding hydrogens is 315 g/mol. The number of carbonyl (C=O) groups excluding carboxylic acids is 1. The van der Waals surface area contributed by atoms with E-state index in [1.165, 1.54) is 0 Å². The van der Waals surface area contributed by atoms with Crippen LogP contribution in [-0.2, 0) is 19.6 Å². The maximum Gasteiger partial charge on any atom is 0.573 e. The summed E-state index contributed by atoms with van der Waals surface area (Å²) in [4.78, 5) is 10.7. The average Bonchev–Trinajstić information content (AvgIpc) is 2.36. The number of carbonyl (C=O) groups is 1. The first kappa shape index (κ1) is 17.2. The molecule has 0 heterocycles. The lowest BCUT2D eigenvalue weighted by Gasteiger charge is -2.10. The summed E-state index contributed by atoms with van der Waals surface area (Å²) >= 11 is 0. The van der Waals surface area contributed by atoms with E-state index < -0.39 is 34.6 Å². The van der Waals surface area contributed by atoms with Gasteiger partial charge in [0.2, 0.25) is 10.0 Å². The second-order valence-corrected chi connectivity index (χ2v) is 5.42. The van der Waals surface area contributed by atoms with E-state index in [0.717, 1.165) is 24.3 Å². The second-order valence-electron chi connectivity index (χ2n) is 3.65. The van der Waals surface area contributed by atoms with Gasteiger partial charge >= 0.3 is 12.3 Å². The topological polar surface area (TPSA) is 81.7 Å². The summed E-state index contributed by atoms with van der Waals surface area (Å²) < 4.78 is 69.5. The van der Waals surface area contributed by atoms with Crippen LogP contribution >= 0.6 is 0 Å². The van der Waals surface area contributed by atoms with Gasteiger partial charge in [0.1, 0.15) is 12.3 Å². The SMILES string of the molecule is CCOC(=O)CNS(=O)(=O)c1ccc(OC(F)(F)F)cc1. The molecule has 0 spiro atoms. The molecule has 0 aliphatic carbocycles. The lowest BCUT2D eigenvalue weighted by atomic mass is 10.3. The van der Waals surface area contributed by atoms with Crippen LogP contribution in [0.3, 0.4) is 0 Å². The predicted octanol–water partition coefficient (Wildman–Crippen LogP) is 1.43. The third-order valence-corrected chi connectivity index (χ3v) is 3.50. The first-order valence-electron chi connectivity index (χ1n) is 5.65. The first-order valence-corrected chi connectivity index (χ1v) is 7.13. The van der Waals surface area contributed by atoms with Crippen molar-refractivity contribution in [1.82, 2.24) is 4.72 Å². The molecule has 0 radical (unpaired) electrons. The van der Waals surface area contributed by atoms with Crippen molar-refractivity contribution in [3.63, 3.8) is 0 Å². The van der Waals surface area contributed by atoms with E-state index in [4.69, 9.17) is 0 Å².